The molecular weight excluding hydrogens is 329 g/mol. The fourth-order valence-electron chi connectivity index (χ4n) is 1.93. The minimum atomic E-state index is -4.44. The predicted octanol–water partition coefficient (Wildman–Crippen LogP) is 5.79. The lowest BCUT2D eigenvalue weighted by atomic mass is 9.99. The lowest BCUT2D eigenvalue weighted by Gasteiger charge is -2.15. The minimum Gasteiger partial charge on any atom is -0.479 e. The average Bonchev–Trinajstić information content (AvgIpc) is 2.47. The Labute approximate surface area is 136 Å². The first-order valence-electron chi connectivity index (χ1n) is 6.53. The fraction of sp³-hybridized carbons (Fsp3) is 0.188. The number of benzene rings is 2. The van der Waals surface area contributed by atoms with E-state index in [0.29, 0.717) is 17.1 Å². The normalized spacial score (nSPS) is 11.3. The number of halogens is 3. The number of hydrogen-bond donors (Lipinski definition) is 0. The summed E-state index contributed by atoms with van der Waals surface area (Å²) in [7, 11) is 0. The van der Waals surface area contributed by atoms with E-state index in [1.54, 1.807) is 43.3 Å². The van der Waals surface area contributed by atoms with Gasteiger partial charge in [0.2, 0.25) is 4.38 Å². The van der Waals surface area contributed by atoms with Crippen LogP contribution in [0.4, 0.5) is 13.2 Å². The highest BCUT2D eigenvalue weighted by atomic mass is 32.2. The third-order valence-electron chi connectivity index (χ3n) is 2.84. The van der Waals surface area contributed by atoms with Crippen molar-refractivity contribution in [1.29, 1.82) is 0 Å². The van der Waals surface area contributed by atoms with Crippen LogP contribution in [0, 0.1) is 0 Å². The van der Waals surface area contributed by atoms with Gasteiger partial charge in [0.25, 0.3) is 0 Å². The van der Waals surface area contributed by atoms with Gasteiger partial charge < -0.3 is 4.74 Å². The molecule has 2 rings (SSSR count). The van der Waals surface area contributed by atoms with E-state index in [9.17, 15) is 13.2 Å². The van der Waals surface area contributed by atoms with Crippen LogP contribution in [0.3, 0.4) is 0 Å². The Morgan fingerprint density at radius 2 is 1.82 bits per heavy atom. The molecule has 6 heteroatoms. The third-order valence-corrected chi connectivity index (χ3v) is 3.99. The van der Waals surface area contributed by atoms with Gasteiger partial charge in [-0.15, -0.1) is 0 Å². The highest BCUT2D eigenvalue weighted by molar-refractivity contribution is 8.22. The Morgan fingerprint density at radius 3 is 2.41 bits per heavy atom. The van der Waals surface area contributed by atoms with E-state index in [0.717, 1.165) is 17.8 Å². The molecule has 0 unspecified atom stereocenters. The average molecular weight is 342 g/mol. The van der Waals surface area contributed by atoms with Gasteiger partial charge in [-0.1, -0.05) is 36.4 Å². The zero-order chi connectivity index (χ0) is 16.2. The predicted molar refractivity (Wildman–Crippen MR) is 87.0 cm³/mol. The van der Waals surface area contributed by atoms with Crippen LogP contribution >= 0.6 is 24.0 Å². The van der Waals surface area contributed by atoms with Crippen LogP contribution in [-0.4, -0.2) is 11.0 Å². The number of alkyl halides is 3. The van der Waals surface area contributed by atoms with Crippen LogP contribution in [0.1, 0.15) is 12.5 Å². The monoisotopic (exact) mass is 342 g/mol. The number of thiocarbonyl (C=S) groups is 1. The van der Waals surface area contributed by atoms with Gasteiger partial charge in [-0.2, -0.15) is 13.2 Å². The quantitative estimate of drug-likeness (QED) is 0.516. The van der Waals surface area contributed by atoms with Crippen molar-refractivity contribution in [1.82, 2.24) is 0 Å². The van der Waals surface area contributed by atoms with E-state index in [1.165, 1.54) is 6.07 Å². The maximum atomic E-state index is 13.3. The summed E-state index contributed by atoms with van der Waals surface area (Å²) in [6.45, 7) is 2.16. The van der Waals surface area contributed by atoms with E-state index < -0.39 is 11.7 Å². The summed E-state index contributed by atoms with van der Waals surface area (Å²) in [5.41, 5.74) is 0.00142. The van der Waals surface area contributed by atoms with Crippen molar-refractivity contribution in [3.63, 3.8) is 0 Å². The topological polar surface area (TPSA) is 9.23 Å². The molecule has 0 radical (unpaired) electrons. The van der Waals surface area contributed by atoms with Crippen LogP contribution in [0.5, 0.6) is 0 Å². The molecule has 2 aromatic carbocycles. The molecule has 0 spiro atoms. The van der Waals surface area contributed by atoms with Crippen LogP contribution in [0.2, 0.25) is 0 Å². The van der Waals surface area contributed by atoms with Gasteiger partial charge in [0.1, 0.15) is 0 Å². The molecule has 0 N–H and O–H groups in total. The summed E-state index contributed by atoms with van der Waals surface area (Å²) in [6.07, 6.45) is -4.44. The summed E-state index contributed by atoms with van der Waals surface area (Å²) in [5.74, 6) is 0. The Kier molecular flexibility index (Phi) is 5.47. The zero-order valence-electron chi connectivity index (χ0n) is 11.7. The largest absolute Gasteiger partial charge is 0.479 e. The Hall–Kier alpha value is -1.53. The fourth-order valence-corrected chi connectivity index (χ4v) is 3.02. The van der Waals surface area contributed by atoms with E-state index in [2.05, 4.69) is 0 Å². The van der Waals surface area contributed by atoms with E-state index >= 15 is 0 Å². The van der Waals surface area contributed by atoms with Gasteiger partial charge in [-0.25, -0.2) is 0 Å². The molecule has 0 amide bonds. The standard InChI is InChI=1S/C16H13F3OS2/c1-2-20-15(21)22-12-8-9-13(11-6-4-3-5-7-11)14(10-12)16(17,18)19/h3-10H,2H2,1H3. The molecule has 1 nitrogen and oxygen atoms in total. The van der Waals surface area contributed by atoms with Gasteiger partial charge in [-0.05, 0) is 54.2 Å². The van der Waals surface area contributed by atoms with Crippen LogP contribution in [0.15, 0.2) is 53.4 Å². The molecule has 0 saturated carbocycles. The van der Waals surface area contributed by atoms with Gasteiger partial charge in [-0.3, -0.25) is 0 Å². The number of thioether (sulfide) groups is 1. The summed E-state index contributed by atoms with van der Waals surface area (Å²) < 4.78 is 45.3. The second-order valence-corrected chi connectivity index (χ2v) is 6.03. The number of rotatable bonds is 3. The second kappa shape index (κ2) is 7.15. The van der Waals surface area contributed by atoms with E-state index in [4.69, 9.17) is 17.0 Å². The molecule has 0 aromatic heterocycles. The Bertz CT molecular complexity index is 654. The molecule has 116 valence electrons. The SMILES string of the molecule is CCOC(=S)Sc1ccc(-c2ccccc2)c(C(F)(F)F)c1. The third kappa shape index (κ3) is 4.24. The molecule has 0 fully saturated rings. The maximum absolute atomic E-state index is 13.3. The molecule has 0 atom stereocenters. The van der Waals surface area contributed by atoms with Crippen molar-refractivity contribution in [2.24, 2.45) is 0 Å². The van der Waals surface area contributed by atoms with Gasteiger partial charge in [0.05, 0.1) is 12.2 Å². The first kappa shape index (κ1) is 16.8. The molecule has 0 heterocycles. The molecular formula is C16H13F3OS2. The van der Waals surface area contributed by atoms with Crippen LogP contribution < -0.4 is 0 Å². The summed E-state index contributed by atoms with van der Waals surface area (Å²) in [5, 5.41) is 0. The summed E-state index contributed by atoms with van der Waals surface area (Å²) in [6, 6.07) is 12.7. The summed E-state index contributed by atoms with van der Waals surface area (Å²) >= 11 is 5.97. The van der Waals surface area contributed by atoms with E-state index in [1.807, 2.05) is 0 Å². The second-order valence-electron chi connectivity index (χ2n) is 4.36. The summed E-state index contributed by atoms with van der Waals surface area (Å²) in [4.78, 5) is 0.408. The van der Waals surface area contributed by atoms with Gasteiger partial charge in [0.15, 0.2) is 0 Å². The first-order valence-corrected chi connectivity index (χ1v) is 7.75. The van der Waals surface area contributed by atoms with Crippen molar-refractivity contribution < 1.29 is 17.9 Å². The van der Waals surface area contributed by atoms with Crippen molar-refractivity contribution in [2.45, 2.75) is 18.0 Å². The van der Waals surface area contributed by atoms with Crippen LogP contribution in [-0.2, 0) is 10.9 Å². The number of hydrogen-bond acceptors (Lipinski definition) is 3. The highest BCUT2D eigenvalue weighted by Crippen LogP contribution is 2.39. The molecule has 0 aliphatic heterocycles. The van der Waals surface area contributed by atoms with Crippen molar-refractivity contribution in [3.05, 3.63) is 54.1 Å². The molecule has 2 aromatic rings. The smallest absolute Gasteiger partial charge is 0.417 e. The van der Waals surface area contributed by atoms with Crippen molar-refractivity contribution in [2.75, 3.05) is 6.61 Å². The molecule has 22 heavy (non-hydrogen) atoms. The first-order chi connectivity index (χ1) is 10.4. The van der Waals surface area contributed by atoms with Crippen molar-refractivity contribution >= 4 is 28.4 Å². The molecule has 0 saturated heterocycles. The minimum absolute atomic E-state index is 0.153. The maximum Gasteiger partial charge on any atom is 0.417 e. The molecule has 0 bridgehead atoms. The van der Waals surface area contributed by atoms with Gasteiger partial charge in [0, 0.05) is 4.90 Å². The Morgan fingerprint density at radius 1 is 1.14 bits per heavy atom. The Balaban J connectivity index is 2.42. The molecule has 0 aliphatic rings. The van der Waals surface area contributed by atoms with Crippen molar-refractivity contribution in [3.8, 4) is 11.1 Å². The van der Waals surface area contributed by atoms with Crippen LogP contribution in [0.25, 0.3) is 11.1 Å². The number of ether oxygens (including phenoxy) is 1. The van der Waals surface area contributed by atoms with Gasteiger partial charge >= 0.3 is 6.18 Å². The van der Waals surface area contributed by atoms with E-state index in [-0.39, 0.29) is 9.95 Å². The molecule has 0 aliphatic carbocycles. The lowest BCUT2D eigenvalue weighted by Crippen LogP contribution is -2.07. The zero-order valence-corrected chi connectivity index (χ0v) is 13.3. The highest BCUT2D eigenvalue weighted by Gasteiger charge is 2.34. The lowest BCUT2D eigenvalue weighted by molar-refractivity contribution is -0.137.